The van der Waals surface area contributed by atoms with Crippen LogP contribution in [0.15, 0.2) is 0 Å². The molecule has 0 spiro atoms. The molecule has 94 valence electrons. The highest BCUT2D eigenvalue weighted by molar-refractivity contribution is 7.99. The van der Waals surface area contributed by atoms with Crippen molar-refractivity contribution in [3.63, 3.8) is 0 Å². The van der Waals surface area contributed by atoms with E-state index in [1.807, 2.05) is 30.3 Å². The molecule has 1 aliphatic rings. The van der Waals surface area contributed by atoms with Crippen molar-refractivity contribution in [1.29, 1.82) is 0 Å². The summed E-state index contributed by atoms with van der Waals surface area (Å²) in [5.41, 5.74) is 2.78. The van der Waals surface area contributed by atoms with Gasteiger partial charge in [0.15, 0.2) is 0 Å². The van der Waals surface area contributed by atoms with Crippen molar-refractivity contribution in [2.75, 3.05) is 11.5 Å². The van der Waals surface area contributed by atoms with Crippen LogP contribution in [0.4, 0.5) is 0 Å². The van der Waals surface area contributed by atoms with Gasteiger partial charge < -0.3 is 5.11 Å². The summed E-state index contributed by atoms with van der Waals surface area (Å²) >= 11 is 1.99. The molecule has 2 rings (SSSR count). The third-order valence-corrected chi connectivity index (χ3v) is 4.39. The van der Waals surface area contributed by atoms with Crippen LogP contribution >= 0.6 is 11.8 Å². The summed E-state index contributed by atoms with van der Waals surface area (Å²) in [7, 11) is 0. The second-order valence-corrected chi connectivity index (χ2v) is 5.73. The maximum Gasteiger partial charge on any atom is 0.307 e. The van der Waals surface area contributed by atoms with E-state index in [9.17, 15) is 4.79 Å². The van der Waals surface area contributed by atoms with E-state index in [2.05, 4.69) is 5.10 Å². The summed E-state index contributed by atoms with van der Waals surface area (Å²) in [6.07, 6.45) is 2.36. The van der Waals surface area contributed by atoms with Gasteiger partial charge in [0.1, 0.15) is 0 Å². The molecule has 0 radical (unpaired) electrons. The Kier molecular flexibility index (Phi) is 3.76. The molecule has 1 aromatic heterocycles. The highest BCUT2D eigenvalue weighted by Gasteiger charge is 2.21. The average molecular weight is 254 g/mol. The highest BCUT2D eigenvalue weighted by Crippen LogP contribution is 2.29. The first-order valence-electron chi connectivity index (χ1n) is 5.93. The number of hydrogen-bond acceptors (Lipinski definition) is 3. The third-order valence-electron chi connectivity index (χ3n) is 3.34. The van der Waals surface area contributed by atoms with Crippen molar-refractivity contribution < 1.29 is 9.90 Å². The first kappa shape index (κ1) is 12.5. The van der Waals surface area contributed by atoms with Crippen molar-refractivity contribution in [3.8, 4) is 0 Å². The van der Waals surface area contributed by atoms with Crippen molar-refractivity contribution in [3.05, 3.63) is 17.0 Å². The van der Waals surface area contributed by atoms with Gasteiger partial charge in [-0.1, -0.05) is 0 Å². The molecule has 0 aromatic carbocycles. The van der Waals surface area contributed by atoms with Gasteiger partial charge in [-0.15, -0.1) is 0 Å². The minimum Gasteiger partial charge on any atom is -0.481 e. The Bertz CT molecular complexity index is 422. The zero-order valence-corrected chi connectivity index (χ0v) is 11.1. The zero-order valence-electron chi connectivity index (χ0n) is 10.3. The van der Waals surface area contributed by atoms with E-state index in [4.69, 9.17) is 5.11 Å². The number of carbonyl (C=O) groups is 1. The highest BCUT2D eigenvalue weighted by atomic mass is 32.2. The van der Waals surface area contributed by atoms with Gasteiger partial charge in [-0.05, 0) is 38.2 Å². The van der Waals surface area contributed by atoms with Crippen LogP contribution < -0.4 is 0 Å². The molecule has 0 aliphatic carbocycles. The fourth-order valence-electron chi connectivity index (χ4n) is 2.39. The van der Waals surface area contributed by atoms with Gasteiger partial charge in [-0.3, -0.25) is 9.48 Å². The van der Waals surface area contributed by atoms with Gasteiger partial charge in [0.05, 0.1) is 18.2 Å². The molecule has 0 atom stereocenters. The van der Waals surface area contributed by atoms with Crippen molar-refractivity contribution in [1.82, 2.24) is 9.78 Å². The number of thioether (sulfide) groups is 1. The SMILES string of the molecule is Cc1nn(C2CCSCC2)c(C)c1CC(=O)O. The Morgan fingerprint density at radius 1 is 1.47 bits per heavy atom. The number of rotatable bonds is 3. The van der Waals surface area contributed by atoms with Crippen molar-refractivity contribution in [2.24, 2.45) is 0 Å². The molecular formula is C12H18N2O2S. The molecule has 4 nitrogen and oxygen atoms in total. The Morgan fingerprint density at radius 3 is 2.71 bits per heavy atom. The number of hydrogen-bond donors (Lipinski definition) is 1. The quantitative estimate of drug-likeness (QED) is 0.898. The van der Waals surface area contributed by atoms with E-state index in [1.54, 1.807) is 0 Å². The summed E-state index contributed by atoms with van der Waals surface area (Å²) in [6.45, 7) is 3.89. The monoisotopic (exact) mass is 254 g/mol. The fraction of sp³-hybridized carbons (Fsp3) is 0.667. The first-order valence-corrected chi connectivity index (χ1v) is 7.09. The van der Waals surface area contributed by atoms with E-state index in [0.717, 1.165) is 29.8 Å². The van der Waals surface area contributed by atoms with Crippen LogP contribution in [0.25, 0.3) is 0 Å². The van der Waals surface area contributed by atoms with E-state index >= 15 is 0 Å². The minimum atomic E-state index is -0.782. The molecule has 0 unspecified atom stereocenters. The van der Waals surface area contributed by atoms with Crippen LogP contribution in [0.3, 0.4) is 0 Å². The first-order chi connectivity index (χ1) is 8.09. The number of aromatic nitrogens is 2. The van der Waals surface area contributed by atoms with E-state index in [1.165, 1.54) is 11.5 Å². The van der Waals surface area contributed by atoms with Gasteiger partial charge >= 0.3 is 5.97 Å². The standard InChI is InChI=1S/C12H18N2O2S/c1-8-11(7-12(15)16)9(2)14(13-8)10-3-5-17-6-4-10/h10H,3-7H2,1-2H3,(H,15,16). The fourth-order valence-corrected chi connectivity index (χ4v) is 3.47. The molecule has 2 heterocycles. The van der Waals surface area contributed by atoms with Gasteiger partial charge in [0, 0.05) is 11.3 Å². The Balaban J connectivity index is 2.26. The molecule has 0 amide bonds. The van der Waals surface area contributed by atoms with Crippen LogP contribution in [-0.2, 0) is 11.2 Å². The topological polar surface area (TPSA) is 55.1 Å². The summed E-state index contributed by atoms with van der Waals surface area (Å²) in [6, 6.07) is 0.456. The smallest absolute Gasteiger partial charge is 0.307 e. The number of aliphatic carboxylic acids is 1. The Morgan fingerprint density at radius 2 is 2.12 bits per heavy atom. The summed E-state index contributed by atoms with van der Waals surface area (Å²) < 4.78 is 2.05. The van der Waals surface area contributed by atoms with Gasteiger partial charge in [-0.25, -0.2) is 0 Å². The van der Waals surface area contributed by atoms with Gasteiger partial charge in [0.2, 0.25) is 0 Å². The average Bonchev–Trinajstić information content (AvgIpc) is 2.58. The molecular weight excluding hydrogens is 236 g/mol. The zero-order chi connectivity index (χ0) is 12.4. The van der Waals surface area contributed by atoms with Crippen LogP contribution in [0.1, 0.15) is 35.8 Å². The molecule has 1 aliphatic heterocycles. The summed E-state index contributed by atoms with van der Waals surface area (Å²) in [4.78, 5) is 10.8. The van der Waals surface area contributed by atoms with Crippen LogP contribution in [0, 0.1) is 13.8 Å². The third kappa shape index (κ3) is 2.65. The lowest BCUT2D eigenvalue weighted by atomic mass is 10.1. The van der Waals surface area contributed by atoms with Crippen LogP contribution in [0.2, 0.25) is 0 Å². The normalized spacial score (nSPS) is 17.3. The minimum absolute atomic E-state index is 0.0825. The summed E-state index contributed by atoms with van der Waals surface area (Å²) in [5, 5.41) is 13.4. The lowest BCUT2D eigenvalue weighted by Crippen LogP contribution is -2.17. The number of carboxylic acid groups (broad SMARTS) is 1. The maximum absolute atomic E-state index is 10.8. The van der Waals surface area contributed by atoms with Crippen molar-refractivity contribution >= 4 is 17.7 Å². The van der Waals surface area contributed by atoms with Gasteiger partial charge in [-0.2, -0.15) is 16.9 Å². The molecule has 0 saturated carbocycles. The number of aryl methyl sites for hydroxylation is 1. The van der Waals surface area contributed by atoms with E-state index < -0.39 is 5.97 Å². The molecule has 1 saturated heterocycles. The predicted octanol–water partition coefficient (Wildman–Crippen LogP) is 2.20. The van der Waals surface area contributed by atoms with Gasteiger partial charge in [0.25, 0.3) is 0 Å². The Hall–Kier alpha value is -0.970. The van der Waals surface area contributed by atoms with Crippen molar-refractivity contribution in [2.45, 2.75) is 39.2 Å². The molecule has 0 bridgehead atoms. The molecule has 5 heteroatoms. The number of nitrogens with zero attached hydrogens (tertiary/aromatic N) is 2. The number of carboxylic acids is 1. The van der Waals surface area contributed by atoms with E-state index in [-0.39, 0.29) is 6.42 Å². The van der Waals surface area contributed by atoms with E-state index in [0.29, 0.717) is 6.04 Å². The van der Waals surface area contributed by atoms with Crippen LogP contribution in [0.5, 0.6) is 0 Å². The molecule has 1 aromatic rings. The molecule has 1 fully saturated rings. The summed E-state index contributed by atoms with van der Waals surface area (Å²) in [5.74, 6) is 1.57. The Labute approximate surface area is 105 Å². The van der Waals surface area contributed by atoms with Crippen LogP contribution in [-0.4, -0.2) is 32.4 Å². The molecule has 17 heavy (non-hydrogen) atoms. The maximum atomic E-state index is 10.8. The lowest BCUT2D eigenvalue weighted by Gasteiger charge is -2.23. The lowest BCUT2D eigenvalue weighted by molar-refractivity contribution is -0.136. The molecule has 1 N–H and O–H groups in total. The largest absolute Gasteiger partial charge is 0.481 e. The predicted molar refractivity (Wildman–Crippen MR) is 68.6 cm³/mol. The second kappa shape index (κ2) is 5.12. The second-order valence-electron chi connectivity index (χ2n) is 4.51.